The zero-order valence-electron chi connectivity index (χ0n) is 24.2. The fourth-order valence-electron chi connectivity index (χ4n) is 4.98. The van der Waals surface area contributed by atoms with Gasteiger partial charge in [-0.1, -0.05) is 65.9 Å². The van der Waals surface area contributed by atoms with Gasteiger partial charge >= 0.3 is 7.60 Å². The van der Waals surface area contributed by atoms with E-state index in [0.717, 1.165) is 11.1 Å². The summed E-state index contributed by atoms with van der Waals surface area (Å²) in [5, 5.41) is 20.1. The molecule has 0 spiro atoms. The van der Waals surface area contributed by atoms with Crippen LogP contribution in [0.2, 0.25) is 0 Å². The molecule has 44 heavy (non-hydrogen) atoms. The van der Waals surface area contributed by atoms with Crippen LogP contribution in [0.3, 0.4) is 0 Å². The summed E-state index contributed by atoms with van der Waals surface area (Å²) in [4.78, 5) is 12.5. The quantitative estimate of drug-likeness (QED) is 0.195. The first-order valence-electron chi connectivity index (χ1n) is 14.0. The van der Waals surface area contributed by atoms with E-state index >= 15 is 0 Å². The average molecular weight is 621 g/mol. The summed E-state index contributed by atoms with van der Waals surface area (Å²) in [6.07, 6.45) is 2.91. The van der Waals surface area contributed by atoms with Gasteiger partial charge in [0.15, 0.2) is 23.1 Å². The number of aromatic nitrogens is 7. The molecular formula is C29H33N8O6P. The summed E-state index contributed by atoms with van der Waals surface area (Å²) in [7, 11) is -4.18. The fourth-order valence-corrected chi connectivity index (χ4v) is 6.63. The molecule has 1 aliphatic rings. The Morgan fingerprint density at radius 3 is 2.32 bits per heavy atom. The number of ether oxygens (including phenoxy) is 2. The van der Waals surface area contributed by atoms with Crippen LogP contribution in [0, 0.1) is 0 Å². The Labute approximate surface area is 253 Å². The lowest BCUT2D eigenvalue weighted by atomic mass is 10.2. The first-order chi connectivity index (χ1) is 21.2. The van der Waals surface area contributed by atoms with Crippen LogP contribution in [0.15, 0.2) is 79.5 Å². The number of imidazole rings is 1. The van der Waals surface area contributed by atoms with E-state index in [2.05, 4.69) is 25.3 Å². The van der Waals surface area contributed by atoms with Crippen LogP contribution in [-0.4, -0.2) is 63.5 Å². The van der Waals surface area contributed by atoms with Crippen molar-refractivity contribution in [3.05, 3.63) is 96.3 Å². The van der Waals surface area contributed by atoms with E-state index in [9.17, 15) is 9.67 Å². The predicted octanol–water partition coefficient (Wildman–Crippen LogP) is 3.51. The van der Waals surface area contributed by atoms with Gasteiger partial charge in [0.1, 0.15) is 29.7 Å². The maximum Gasteiger partial charge on any atom is 0.362 e. The number of nitrogens with two attached hydrogens (primary N) is 1. The molecule has 1 fully saturated rings. The Balaban J connectivity index is 1.20. The summed E-state index contributed by atoms with van der Waals surface area (Å²) in [5.41, 5.74) is 9.16. The highest BCUT2D eigenvalue weighted by Gasteiger charge is 2.52. The van der Waals surface area contributed by atoms with Crippen molar-refractivity contribution >= 4 is 24.6 Å². The minimum absolute atomic E-state index is 0.0302. The molecule has 3 aromatic heterocycles. The Morgan fingerprint density at radius 1 is 1.00 bits per heavy atom. The van der Waals surface area contributed by atoms with E-state index in [-0.39, 0.29) is 19.8 Å². The molecule has 3 N–H and O–H groups in total. The van der Waals surface area contributed by atoms with Crippen molar-refractivity contribution in [2.45, 2.75) is 64.0 Å². The normalized spacial score (nSPS) is 19.0. The summed E-state index contributed by atoms with van der Waals surface area (Å²) in [6.45, 7) is 3.86. The van der Waals surface area contributed by atoms with Gasteiger partial charge in [0, 0.05) is 0 Å². The lowest BCUT2D eigenvalue weighted by molar-refractivity contribution is -0.152. The highest BCUT2D eigenvalue weighted by atomic mass is 31.2. The van der Waals surface area contributed by atoms with E-state index in [0.29, 0.717) is 29.2 Å². The van der Waals surface area contributed by atoms with Crippen LogP contribution >= 0.6 is 7.60 Å². The zero-order chi connectivity index (χ0) is 30.7. The Bertz CT molecular complexity index is 1700. The minimum Gasteiger partial charge on any atom is -0.382 e. The van der Waals surface area contributed by atoms with Crippen molar-refractivity contribution in [1.82, 2.24) is 34.5 Å². The van der Waals surface area contributed by atoms with Gasteiger partial charge in [-0.15, -0.1) is 5.10 Å². The summed E-state index contributed by atoms with van der Waals surface area (Å²) < 4.78 is 41.6. The van der Waals surface area contributed by atoms with Crippen LogP contribution in [0.5, 0.6) is 0 Å². The molecule has 1 aliphatic heterocycles. The molecule has 15 heteroatoms. The van der Waals surface area contributed by atoms with E-state index in [1.165, 1.54) is 6.33 Å². The van der Waals surface area contributed by atoms with Crippen LogP contribution < -0.4 is 5.73 Å². The first kappa shape index (κ1) is 30.0. The number of hydrogen-bond donors (Lipinski definition) is 2. The molecule has 1 saturated heterocycles. The average Bonchev–Trinajstić information content (AvgIpc) is 3.73. The number of fused-ring (bicyclic) bond motifs is 1. The largest absolute Gasteiger partial charge is 0.382 e. The van der Waals surface area contributed by atoms with Crippen molar-refractivity contribution < 1.29 is 28.2 Å². The number of nitrogen functional groups attached to an aromatic ring is 1. The summed E-state index contributed by atoms with van der Waals surface area (Å²) in [6, 6.07) is 18.5. The van der Waals surface area contributed by atoms with Crippen LogP contribution in [0.25, 0.3) is 11.2 Å². The molecule has 3 atom stereocenters. The van der Waals surface area contributed by atoms with E-state index in [1.54, 1.807) is 35.6 Å². The van der Waals surface area contributed by atoms with Crippen LogP contribution in [0.1, 0.15) is 30.7 Å². The topological polar surface area (TPSA) is 175 Å². The SMILES string of the molecule is CC1(C)O[C@@H]([C@@H](O)P(=O)(OCc2ccccc2)OCc2ccccc2)[C@H](Cn2cc(Cn3cnc4c(N)ncnc43)nn2)O1. The molecular weight excluding hydrogens is 587 g/mol. The second-order valence-electron chi connectivity index (χ2n) is 10.8. The van der Waals surface area contributed by atoms with Crippen molar-refractivity contribution in [2.75, 3.05) is 5.73 Å². The third-order valence-electron chi connectivity index (χ3n) is 7.06. The van der Waals surface area contributed by atoms with Gasteiger partial charge in [-0.3, -0.25) is 4.57 Å². The van der Waals surface area contributed by atoms with Gasteiger partial charge in [0.2, 0.25) is 0 Å². The molecule has 0 aliphatic carbocycles. The second kappa shape index (κ2) is 12.5. The molecule has 0 unspecified atom stereocenters. The Kier molecular flexibility index (Phi) is 8.54. The third kappa shape index (κ3) is 6.70. The van der Waals surface area contributed by atoms with Gasteiger partial charge in [-0.25, -0.2) is 19.6 Å². The molecule has 14 nitrogen and oxygen atoms in total. The van der Waals surface area contributed by atoms with Crippen molar-refractivity contribution in [3.63, 3.8) is 0 Å². The molecule has 5 aromatic rings. The highest BCUT2D eigenvalue weighted by Crippen LogP contribution is 2.56. The summed E-state index contributed by atoms with van der Waals surface area (Å²) in [5.74, 6) is -2.45. The molecule has 0 saturated carbocycles. The van der Waals surface area contributed by atoms with Gasteiger partial charge in [-0.2, -0.15) is 0 Å². The third-order valence-corrected chi connectivity index (χ3v) is 8.98. The number of anilines is 1. The fraction of sp³-hybridized carbons (Fsp3) is 0.345. The number of aliphatic hydroxyl groups excluding tert-OH is 1. The Morgan fingerprint density at radius 2 is 1.66 bits per heavy atom. The standard InChI is InChI=1S/C29H33N8O6P/c1-29(2)42-23(15-37-14-22(34-35-37)13-36-19-33-24-26(30)31-18-32-27(24)36)25(43-29)28(38)44(39,40-16-20-9-5-3-6-10-20)41-17-21-11-7-4-8-12-21/h3-12,14,18-19,23,25,28,38H,13,15-17H2,1-2H3,(H2,30,31,32)/t23-,25+,28-/m0/s1. The van der Waals surface area contributed by atoms with Crippen molar-refractivity contribution in [3.8, 4) is 0 Å². The van der Waals surface area contributed by atoms with E-state index in [4.69, 9.17) is 24.3 Å². The maximum atomic E-state index is 14.3. The Hall–Kier alpha value is -4.04. The number of nitrogens with zero attached hydrogens (tertiary/aromatic N) is 7. The molecule has 0 bridgehead atoms. The van der Waals surface area contributed by atoms with Gasteiger partial charge in [-0.05, 0) is 25.0 Å². The monoisotopic (exact) mass is 620 g/mol. The van der Waals surface area contributed by atoms with Crippen LogP contribution in [0.4, 0.5) is 5.82 Å². The van der Waals surface area contributed by atoms with Crippen molar-refractivity contribution in [2.24, 2.45) is 0 Å². The number of hydrogen-bond acceptors (Lipinski definition) is 12. The number of aliphatic hydroxyl groups is 1. The molecule has 6 rings (SSSR count). The van der Waals surface area contributed by atoms with E-state index in [1.807, 2.05) is 60.7 Å². The molecule has 0 amide bonds. The molecule has 4 heterocycles. The predicted molar refractivity (Wildman–Crippen MR) is 159 cm³/mol. The maximum absolute atomic E-state index is 14.3. The van der Waals surface area contributed by atoms with Gasteiger partial charge in [0.05, 0.1) is 38.8 Å². The number of rotatable bonds is 12. The van der Waals surface area contributed by atoms with E-state index < -0.39 is 31.4 Å². The zero-order valence-corrected chi connectivity index (χ0v) is 25.1. The molecule has 0 radical (unpaired) electrons. The smallest absolute Gasteiger partial charge is 0.362 e. The first-order valence-corrected chi connectivity index (χ1v) is 15.6. The lowest BCUT2D eigenvalue weighted by Crippen LogP contribution is -2.38. The highest BCUT2D eigenvalue weighted by molar-refractivity contribution is 7.54. The number of benzene rings is 2. The summed E-state index contributed by atoms with van der Waals surface area (Å²) >= 11 is 0. The second-order valence-corrected chi connectivity index (χ2v) is 13.0. The van der Waals surface area contributed by atoms with Crippen molar-refractivity contribution in [1.29, 1.82) is 0 Å². The molecule has 230 valence electrons. The lowest BCUT2D eigenvalue weighted by Gasteiger charge is -2.29. The van der Waals surface area contributed by atoms with Gasteiger partial charge < -0.3 is 33.9 Å². The van der Waals surface area contributed by atoms with Crippen LogP contribution in [-0.2, 0) is 49.4 Å². The van der Waals surface area contributed by atoms with Gasteiger partial charge in [0.25, 0.3) is 0 Å². The molecule has 2 aromatic carbocycles. The minimum atomic E-state index is -4.18.